The quantitative estimate of drug-likeness (QED) is 0.892. The van der Waals surface area contributed by atoms with Gasteiger partial charge in [0.1, 0.15) is 5.82 Å². The molecule has 5 heteroatoms. The van der Waals surface area contributed by atoms with Gasteiger partial charge in [0.2, 0.25) is 0 Å². The van der Waals surface area contributed by atoms with Crippen molar-refractivity contribution < 1.29 is 9.18 Å². The van der Waals surface area contributed by atoms with Crippen LogP contribution in [0.25, 0.3) is 0 Å². The number of urea groups is 1. The molecule has 3 N–H and O–H groups in total. The van der Waals surface area contributed by atoms with E-state index in [1.165, 1.54) is 18.9 Å². The highest BCUT2D eigenvalue weighted by molar-refractivity contribution is 5.74. The van der Waals surface area contributed by atoms with Crippen molar-refractivity contribution in [2.45, 2.75) is 38.8 Å². The average Bonchev–Trinajstić information content (AvgIpc) is 2.74. The summed E-state index contributed by atoms with van der Waals surface area (Å²) in [6, 6.07) is 4.79. The van der Waals surface area contributed by atoms with Gasteiger partial charge in [-0.25, -0.2) is 9.18 Å². The Morgan fingerprint density at radius 2 is 1.95 bits per heavy atom. The van der Waals surface area contributed by atoms with Gasteiger partial charge in [-0.1, -0.05) is 25.0 Å². The summed E-state index contributed by atoms with van der Waals surface area (Å²) in [6.07, 6.45) is 4.46. The van der Waals surface area contributed by atoms with Crippen molar-refractivity contribution in [3.63, 3.8) is 0 Å². The van der Waals surface area contributed by atoms with Crippen LogP contribution in [0.15, 0.2) is 18.2 Å². The van der Waals surface area contributed by atoms with E-state index in [0.29, 0.717) is 12.1 Å². The maximum atomic E-state index is 13.8. The van der Waals surface area contributed by atoms with Gasteiger partial charge in [-0.15, -0.1) is 0 Å². The predicted molar refractivity (Wildman–Crippen MR) is 76.6 cm³/mol. The summed E-state index contributed by atoms with van der Waals surface area (Å²) in [5.74, 6) is -0.316. The second-order valence-electron chi connectivity index (χ2n) is 5.19. The fourth-order valence-electron chi connectivity index (χ4n) is 2.42. The number of carbonyl (C=O) groups excluding carboxylic acids is 1. The minimum atomic E-state index is -0.316. The minimum Gasteiger partial charge on any atom is -0.334 e. The van der Waals surface area contributed by atoms with Gasteiger partial charge in [-0.2, -0.15) is 0 Å². The molecule has 2 rings (SSSR count). The fourth-order valence-corrected chi connectivity index (χ4v) is 2.42. The van der Waals surface area contributed by atoms with Gasteiger partial charge >= 0.3 is 6.03 Å². The van der Waals surface area contributed by atoms with E-state index >= 15 is 0 Å². The molecule has 1 fully saturated rings. The fraction of sp³-hybridized carbons (Fsp3) is 0.533. The van der Waals surface area contributed by atoms with E-state index < -0.39 is 0 Å². The van der Waals surface area contributed by atoms with Gasteiger partial charge in [-0.3, -0.25) is 0 Å². The number of nitrogens with one attached hydrogen (secondary N) is 1. The lowest BCUT2D eigenvalue weighted by molar-refractivity contribution is 0.199. The number of hydrogen-bond acceptors (Lipinski definition) is 2. The van der Waals surface area contributed by atoms with Gasteiger partial charge in [0.15, 0.2) is 0 Å². The maximum absolute atomic E-state index is 13.8. The molecule has 1 aliphatic rings. The first kappa shape index (κ1) is 14.8. The Labute approximate surface area is 119 Å². The van der Waals surface area contributed by atoms with E-state index in [1.54, 1.807) is 12.1 Å². The van der Waals surface area contributed by atoms with E-state index in [0.717, 1.165) is 31.5 Å². The van der Waals surface area contributed by atoms with Crippen molar-refractivity contribution in [2.24, 2.45) is 5.73 Å². The SMILES string of the molecule is NCc1ccc(CNC(=O)N2CCCCCC2)c(F)c1. The number of nitrogens with two attached hydrogens (primary N) is 1. The second kappa shape index (κ2) is 7.24. The molecule has 0 spiro atoms. The summed E-state index contributed by atoms with van der Waals surface area (Å²) < 4.78 is 13.8. The number of likely N-dealkylation sites (tertiary alicyclic amines) is 1. The molecule has 0 aromatic heterocycles. The summed E-state index contributed by atoms with van der Waals surface area (Å²) in [5, 5.41) is 2.79. The van der Waals surface area contributed by atoms with E-state index in [1.807, 2.05) is 4.90 Å². The zero-order chi connectivity index (χ0) is 14.4. The van der Waals surface area contributed by atoms with Crippen molar-refractivity contribution in [1.82, 2.24) is 10.2 Å². The zero-order valence-corrected chi connectivity index (χ0v) is 11.7. The third-order valence-corrected chi connectivity index (χ3v) is 3.68. The Kier molecular flexibility index (Phi) is 5.35. The summed E-state index contributed by atoms with van der Waals surface area (Å²) in [6.45, 7) is 2.12. The van der Waals surface area contributed by atoms with E-state index in [2.05, 4.69) is 5.32 Å². The first-order chi connectivity index (χ1) is 9.70. The Hall–Kier alpha value is -1.62. The third kappa shape index (κ3) is 3.93. The molecule has 110 valence electrons. The normalized spacial score (nSPS) is 15.8. The lowest BCUT2D eigenvalue weighted by Crippen LogP contribution is -2.40. The highest BCUT2D eigenvalue weighted by atomic mass is 19.1. The van der Waals surface area contributed by atoms with Crippen molar-refractivity contribution >= 4 is 6.03 Å². The summed E-state index contributed by atoms with van der Waals surface area (Å²) >= 11 is 0. The molecule has 1 saturated heterocycles. The van der Waals surface area contributed by atoms with Gasteiger partial charge in [0, 0.05) is 31.7 Å². The van der Waals surface area contributed by atoms with Crippen LogP contribution < -0.4 is 11.1 Å². The molecule has 20 heavy (non-hydrogen) atoms. The minimum absolute atomic E-state index is 0.103. The topological polar surface area (TPSA) is 58.4 Å². The van der Waals surface area contributed by atoms with Gasteiger partial charge in [0.25, 0.3) is 0 Å². The highest BCUT2D eigenvalue weighted by Gasteiger charge is 2.15. The molecule has 0 aliphatic carbocycles. The molecule has 2 amide bonds. The van der Waals surface area contributed by atoms with Crippen LogP contribution in [0, 0.1) is 5.82 Å². The van der Waals surface area contributed by atoms with Crippen LogP contribution in [0.3, 0.4) is 0 Å². The first-order valence-electron chi connectivity index (χ1n) is 7.21. The molecular formula is C15H22FN3O. The van der Waals surface area contributed by atoms with Crippen LogP contribution in [0.2, 0.25) is 0 Å². The number of rotatable bonds is 3. The van der Waals surface area contributed by atoms with Gasteiger partial charge < -0.3 is 16.0 Å². The Morgan fingerprint density at radius 3 is 2.55 bits per heavy atom. The van der Waals surface area contributed by atoms with Crippen LogP contribution in [0.1, 0.15) is 36.8 Å². The van der Waals surface area contributed by atoms with Crippen molar-refractivity contribution in [1.29, 1.82) is 0 Å². The molecule has 1 heterocycles. The second-order valence-corrected chi connectivity index (χ2v) is 5.19. The lowest BCUT2D eigenvalue weighted by atomic mass is 10.1. The number of nitrogens with zero attached hydrogens (tertiary/aromatic N) is 1. The highest BCUT2D eigenvalue weighted by Crippen LogP contribution is 2.12. The van der Waals surface area contributed by atoms with Crippen LogP contribution in [0.4, 0.5) is 9.18 Å². The molecule has 0 bridgehead atoms. The molecule has 0 radical (unpaired) electrons. The molecule has 1 aromatic rings. The van der Waals surface area contributed by atoms with Gasteiger partial charge in [-0.05, 0) is 24.5 Å². The Morgan fingerprint density at radius 1 is 1.25 bits per heavy atom. The number of hydrogen-bond donors (Lipinski definition) is 2. The first-order valence-corrected chi connectivity index (χ1v) is 7.21. The average molecular weight is 279 g/mol. The molecule has 1 aliphatic heterocycles. The molecule has 1 aromatic carbocycles. The van der Waals surface area contributed by atoms with E-state index in [9.17, 15) is 9.18 Å². The van der Waals surface area contributed by atoms with Crippen LogP contribution in [-0.4, -0.2) is 24.0 Å². The molecule has 0 atom stereocenters. The van der Waals surface area contributed by atoms with E-state index in [4.69, 9.17) is 5.73 Å². The molecule has 4 nitrogen and oxygen atoms in total. The van der Waals surface area contributed by atoms with Crippen molar-refractivity contribution in [3.8, 4) is 0 Å². The number of benzene rings is 1. The summed E-state index contributed by atoms with van der Waals surface area (Å²) in [7, 11) is 0. The van der Waals surface area contributed by atoms with Crippen LogP contribution in [-0.2, 0) is 13.1 Å². The predicted octanol–water partition coefficient (Wildman–Crippen LogP) is 2.37. The number of carbonyl (C=O) groups is 1. The summed E-state index contributed by atoms with van der Waals surface area (Å²) in [5.41, 5.74) is 6.71. The maximum Gasteiger partial charge on any atom is 0.317 e. The largest absolute Gasteiger partial charge is 0.334 e. The van der Waals surface area contributed by atoms with Crippen LogP contribution >= 0.6 is 0 Å². The summed E-state index contributed by atoms with van der Waals surface area (Å²) in [4.78, 5) is 13.8. The van der Waals surface area contributed by atoms with Crippen molar-refractivity contribution in [3.05, 3.63) is 35.1 Å². The Bertz CT molecular complexity index is 456. The number of halogens is 1. The Balaban J connectivity index is 1.89. The lowest BCUT2D eigenvalue weighted by Gasteiger charge is -2.20. The van der Waals surface area contributed by atoms with Crippen molar-refractivity contribution in [2.75, 3.05) is 13.1 Å². The third-order valence-electron chi connectivity index (χ3n) is 3.68. The zero-order valence-electron chi connectivity index (χ0n) is 11.7. The number of amides is 2. The van der Waals surface area contributed by atoms with Crippen LogP contribution in [0.5, 0.6) is 0 Å². The molecule has 0 saturated carbocycles. The van der Waals surface area contributed by atoms with Gasteiger partial charge in [0.05, 0.1) is 0 Å². The molecular weight excluding hydrogens is 257 g/mol. The standard InChI is InChI=1S/C15H22FN3O/c16-14-9-12(10-17)5-6-13(14)11-18-15(20)19-7-3-1-2-4-8-19/h5-6,9H,1-4,7-8,10-11,17H2,(H,18,20). The smallest absolute Gasteiger partial charge is 0.317 e. The van der Waals surface area contributed by atoms with E-state index in [-0.39, 0.29) is 18.4 Å². The monoisotopic (exact) mass is 279 g/mol. The molecule has 0 unspecified atom stereocenters.